The molecule has 5 aromatic rings. The Labute approximate surface area is 215 Å². The lowest BCUT2D eigenvalue weighted by atomic mass is 9.95. The summed E-state index contributed by atoms with van der Waals surface area (Å²) in [6.07, 6.45) is 7.22. The molecule has 0 aliphatic carbocycles. The molecule has 1 N–H and O–H groups in total. The third-order valence-corrected chi connectivity index (χ3v) is 7.39. The Morgan fingerprint density at radius 1 is 0.838 bits per heavy atom. The minimum Gasteiger partial charge on any atom is -0.269 e. The Morgan fingerprint density at radius 2 is 1.59 bits per heavy atom. The van der Waals surface area contributed by atoms with Crippen LogP contribution in [0.15, 0.2) is 120 Å². The van der Waals surface area contributed by atoms with Crippen LogP contribution in [0.25, 0.3) is 16.8 Å². The van der Waals surface area contributed by atoms with Crippen molar-refractivity contribution in [2.75, 3.05) is 0 Å². The molecule has 37 heavy (non-hydrogen) atoms. The third kappa shape index (κ3) is 6.02. The quantitative estimate of drug-likeness (QED) is 0.293. The van der Waals surface area contributed by atoms with Crippen LogP contribution >= 0.6 is 0 Å². The molecule has 0 atom stereocenters. The van der Waals surface area contributed by atoms with Gasteiger partial charge in [0.05, 0.1) is 11.4 Å². The number of fused-ring (bicyclic) bond motifs is 1. The Morgan fingerprint density at radius 3 is 2.38 bits per heavy atom. The molecule has 184 valence electrons. The summed E-state index contributed by atoms with van der Waals surface area (Å²) in [4.78, 5) is 12.5. The molecule has 0 saturated carbocycles. The number of nitrogens with one attached hydrogen (secondary N) is 1. The zero-order chi connectivity index (χ0) is 25.7. The molecule has 1 amide bonds. The van der Waals surface area contributed by atoms with Crippen molar-refractivity contribution >= 4 is 32.8 Å². The van der Waals surface area contributed by atoms with E-state index in [0.29, 0.717) is 13.0 Å². The van der Waals surface area contributed by atoms with E-state index >= 15 is 0 Å². The molecular formula is C30H25N3O3S. The topological polar surface area (TPSA) is 81.1 Å². The van der Waals surface area contributed by atoms with Gasteiger partial charge in [-0.1, -0.05) is 78.9 Å². The number of aromatic nitrogens is 2. The van der Waals surface area contributed by atoms with E-state index in [4.69, 9.17) is 0 Å². The van der Waals surface area contributed by atoms with Crippen LogP contribution in [-0.4, -0.2) is 24.1 Å². The molecule has 0 spiro atoms. The first-order chi connectivity index (χ1) is 18.0. The molecule has 0 saturated heterocycles. The standard InChI is InChI=1S/C30H25N3O3S/c34-30(32-37(35,36)29-9-2-1-3-10-29)16-15-26-14-12-24(22-33-18-6-17-31-33)21-28(26)20-23-11-13-25-7-4-5-8-27(25)19-23/h1-19,21H,20,22H2,(H,32,34)/b16-15+. The summed E-state index contributed by atoms with van der Waals surface area (Å²) in [5.41, 5.74) is 4.08. The SMILES string of the molecule is O=C(/C=C/c1ccc(Cn2cccn2)cc1Cc1ccc2ccccc2c1)NS(=O)(=O)c1ccccc1. The predicted octanol–water partition coefficient (Wildman–Crippen LogP) is 5.19. The summed E-state index contributed by atoms with van der Waals surface area (Å²) in [5.74, 6) is -0.707. The van der Waals surface area contributed by atoms with Crippen molar-refractivity contribution in [3.63, 3.8) is 0 Å². The molecule has 0 fully saturated rings. The highest BCUT2D eigenvalue weighted by Crippen LogP contribution is 2.22. The van der Waals surface area contributed by atoms with E-state index in [0.717, 1.165) is 27.6 Å². The van der Waals surface area contributed by atoms with Gasteiger partial charge in [0.1, 0.15) is 0 Å². The molecule has 1 heterocycles. The summed E-state index contributed by atoms with van der Waals surface area (Å²) < 4.78 is 28.9. The van der Waals surface area contributed by atoms with Crippen molar-refractivity contribution in [3.05, 3.63) is 138 Å². The van der Waals surface area contributed by atoms with Gasteiger partial charge in [0.25, 0.3) is 15.9 Å². The maximum absolute atomic E-state index is 12.5. The second-order valence-electron chi connectivity index (χ2n) is 8.71. The van der Waals surface area contributed by atoms with Crippen molar-refractivity contribution in [1.82, 2.24) is 14.5 Å². The number of benzene rings is 4. The minimum absolute atomic E-state index is 0.0386. The normalized spacial score (nSPS) is 11.7. The fourth-order valence-corrected chi connectivity index (χ4v) is 5.18. The molecule has 4 aromatic carbocycles. The Kier molecular flexibility index (Phi) is 6.96. The van der Waals surface area contributed by atoms with Crippen LogP contribution in [0.3, 0.4) is 0 Å². The molecule has 0 aliphatic heterocycles. The Hall–Kier alpha value is -4.49. The fourth-order valence-electron chi connectivity index (χ4n) is 4.21. The molecule has 5 rings (SSSR count). The first-order valence-electron chi connectivity index (χ1n) is 11.8. The van der Waals surface area contributed by atoms with Crippen molar-refractivity contribution in [3.8, 4) is 0 Å². The van der Waals surface area contributed by atoms with Crippen molar-refractivity contribution in [1.29, 1.82) is 0 Å². The van der Waals surface area contributed by atoms with Crippen molar-refractivity contribution in [2.24, 2.45) is 0 Å². The molecule has 0 aliphatic rings. The van der Waals surface area contributed by atoms with Crippen LogP contribution < -0.4 is 4.72 Å². The molecule has 1 aromatic heterocycles. The number of nitrogens with zero attached hydrogens (tertiary/aromatic N) is 2. The summed E-state index contributed by atoms with van der Waals surface area (Å²) in [6, 6.07) is 30.3. The summed E-state index contributed by atoms with van der Waals surface area (Å²) in [5, 5.41) is 6.63. The average molecular weight is 508 g/mol. The van der Waals surface area contributed by atoms with Gasteiger partial charge in [-0.3, -0.25) is 9.48 Å². The Bertz CT molecular complexity index is 1680. The van der Waals surface area contributed by atoms with Crippen LogP contribution in [0.1, 0.15) is 22.3 Å². The van der Waals surface area contributed by atoms with Gasteiger partial charge in [-0.15, -0.1) is 0 Å². The first kappa shape index (κ1) is 24.2. The van der Waals surface area contributed by atoms with E-state index < -0.39 is 15.9 Å². The van der Waals surface area contributed by atoms with Gasteiger partial charge in [0.15, 0.2) is 0 Å². The lowest BCUT2D eigenvalue weighted by molar-refractivity contribution is -0.114. The van der Waals surface area contributed by atoms with E-state index in [2.05, 4.69) is 46.2 Å². The predicted molar refractivity (Wildman–Crippen MR) is 145 cm³/mol. The molecule has 0 bridgehead atoms. The van der Waals surface area contributed by atoms with Crippen LogP contribution in [-0.2, 0) is 27.8 Å². The van der Waals surface area contributed by atoms with Crippen molar-refractivity contribution < 1.29 is 13.2 Å². The largest absolute Gasteiger partial charge is 0.269 e. The van der Waals surface area contributed by atoms with Gasteiger partial charge in [0.2, 0.25) is 0 Å². The minimum atomic E-state index is -3.94. The van der Waals surface area contributed by atoms with Crippen LogP contribution in [0.5, 0.6) is 0 Å². The van der Waals surface area contributed by atoms with E-state index in [1.165, 1.54) is 23.6 Å². The molecular weight excluding hydrogens is 482 g/mol. The van der Waals surface area contributed by atoms with E-state index in [1.807, 2.05) is 41.2 Å². The number of sulfonamides is 1. The second kappa shape index (κ2) is 10.6. The third-order valence-electron chi connectivity index (χ3n) is 6.02. The highest BCUT2D eigenvalue weighted by atomic mass is 32.2. The number of hydrogen-bond acceptors (Lipinski definition) is 4. The van der Waals surface area contributed by atoms with Gasteiger partial charge in [-0.05, 0) is 63.7 Å². The fraction of sp³-hybridized carbons (Fsp3) is 0.0667. The van der Waals surface area contributed by atoms with Gasteiger partial charge in [-0.25, -0.2) is 13.1 Å². The number of carbonyl (C=O) groups is 1. The molecule has 7 heteroatoms. The summed E-state index contributed by atoms with van der Waals surface area (Å²) in [6.45, 7) is 0.623. The lowest BCUT2D eigenvalue weighted by Crippen LogP contribution is -2.28. The lowest BCUT2D eigenvalue weighted by Gasteiger charge is -2.11. The van der Waals surface area contributed by atoms with Gasteiger partial charge in [0, 0.05) is 18.5 Å². The molecule has 0 unspecified atom stereocenters. The Balaban J connectivity index is 1.41. The molecule has 6 nitrogen and oxygen atoms in total. The number of rotatable bonds is 8. The zero-order valence-corrected chi connectivity index (χ0v) is 20.8. The van der Waals surface area contributed by atoms with Gasteiger partial charge in [-0.2, -0.15) is 5.10 Å². The number of amides is 1. The second-order valence-corrected chi connectivity index (χ2v) is 10.4. The number of hydrogen-bond donors (Lipinski definition) is 1. The van der Waals surface area contributed by atoms with E-state index in [-0.39, 0.29) is 4.90 Å². The average Bonchev–Trinajstić information content (AvgIpc) is 3.41. The highest BCUT2D eigenvalue weighted by Gasteiger charge is 2.15. The van der Waals surface area contributed by atoms with E-state index in [1.54, 1.807) is 30.5 Å². The summed E-state index contributed by atoms with van der Waals surface area (Å²) in [7, 11) is -3.94. The number of carbonyl (C=O) groups excluding carboxylic acids is 1. The zero-order valence-electron chi connectivity index (χ0n) is 20.0. The maximum atomic E-state index is 12.5. The summed E-state index contributed by atoms with van der Waals surface area (Å²) >= 11 is 0. The monoisotopic (exact) mass is 507 g/mol. The highest BCUT2D eigenvalue weighted by molar-refractivity contribution is 7.90. The maximum Gasteiger partial charge on any atom is 0.264 e. The molecule has 0 radical (unpaired) electrons. The van der Waals surface area contributed by atoms with Crippen LogP contribution in [0.4, 0.5) is 0 Å². The van der Waals surface area contributed by atoms with E-state index in [9.17, 15) is 13.2 Å². The van der Waals surface area contributed by atoms with Gasteiger partial charge < -0.3 is 0 Å². The van der Waals surface area contributed by atoms with Crippen molar-refractivity contribution in [2.45, 2.75) is 17.9 Å². The van der Waals surface area contributed by atoms with Gasteiger partial charge >= 0.3 is 0 Å². The van der Waals surface area contributed by atoms with Crippen LogP contribution in [0, 0.1) is 0 Å². The first-order valence-corrected chi connectivity index (χ1v) is 13.3. The smallest absolute Gasteiger partial charge is 0.264 e. The van der Waals surface area contributed by atoms with Crippen LogP contribution in [0.2, 0.25) is 0 Å².